The number of aryl methyl sites for hydroxylation is 2. The van der Waals surface area contributed by atoms with Gasteiger partial charge in [-0.05, 0) is 45.9 Å². The van der Waals surface area contributed by atoms with Gasteiger partial charge in [0.15, 0.2) is 11.6 Å². The van der Waals surface area contributed by atoms with Crippen LogP contribution in [-0.4, -0.2) is 22.8 Å². The maximum atomic E-state index is 13.4. The van der Waals surface area contributed by atoms with Gasteiger partial charge in [-0.25, -0.2) is 4.39 Å². The highest BCUT2D eigenvalue weighted by molar-refractivity contribution is 5.94. The van der Waals surface area contributed by atoms with E-state index in [1.807, 2.05) is 32.4 Å². The lowest BCUT2D eigenvalue weighted by Crippen LogP contribution is -2.27. The summed E-state index contributed by atoms with van der Waals surface area (Å²) in [5.74, 6) is -0.719. The van der Waals surface area contributed by atoms with Crippen LogP contribution < -0.4 is 10.1 Å². The Bertz CT molecular complexity index is 725. The van der Waals surface area contributed by atoms with E-state index in [0.29, 0.717) is 5.56 Å². The predicted molar refractivity (Wildman–Crippen MR) is 86.2 cm³/mol. The molecule has 2 rings (SSSR count). The zero-order chi connectivity index (χ0) is 17.1. The zero-order valence-corrected chi connectivity index (χ0v) is 14.1. The van der Waals surface area contributed by atoms with Gasteiger partial charge in [-0.15, -0.1) is 0 Å². The minimum atomic E-state index is -0.493. The van der Waals surface area contributed by atoms with Gasteiger partial charge >= 0.3 is 0 Å². The summed E-state index contributed by atoms with van der Waals surface area (Å²) >= 11 is 0. The summed E-state index contributed by atoms with van der Waals surface area (Å²) in [5, 5.41) is 7.40. The largest absolute Gasteiger partial charge is 0.494 e. The van der Waals surface area contributed by atoms with Crippen molar-refractivity contribution >= 4 is 5.91 Å². The fourth-order valence-electron chi connectivity index (χ4n) is 2.80. The van der Waals surface area contributed by atoms with Crippen LogP contribution in [0.2, 0.25) is 0 Å². The van der Waals surface area contributed by atoms with E-state index in [1.54, 1.807) is 0 Å². The predicted octanol–water partition coefficient (Wildman–Crippen LogP) is 3.16. The molecular weight excluding hydrogens is 297 g/mol. The van der Waals surface area contributed by atoms with E-state index in [-0.39, 0.29) is 17.7 Å². The average Bonchev–Trinajstić information content (AvgIpc) is 2.81. The molecule has 0 aliphatic carbocycles. The van der Waals surface area contributed by atoms with E-state index < -0.39 is 5.82 Å². The minimum absolute atomic E-state index is 0.0523. The van der Waals surface area contributed by atoms with E-state index in [4.69, 9.17) is 4.74 Å². The van der Waals surface area contributed by atoms with Crippen molar-refractivity contribution in [1.29, 1.82) is 0 Å². The Kier molecular flexibility index (Phi) is 5.03. The highest BCUT2D eigenvalue weighted by atomic mass is 19.1. The molecule has 0 fully saturated rings. The normalized spacial score (nSPS) is 12.1. The smallest absolute Gasteiger partial charge is 0.251 e. The van der Waals surface area contributed by atoms with Gasteiger partial charge in [-0.3, -0.25) is 9.48 Å². The fraction of sp³-hybridized carbons (Fsp3) is 0.412. The summed E-state index contributed by atoms with van der Waals surface area (Å²) in [5.41, 5.74) is 3.30. The Morgan fingerprint density at radius 1 is 1.43 bits per heavy atom. The van der Waals surface area contributed by atoms with E-state index in [0.717, 1.165) is 23.5 Å². The summed E-state index contributed by atoms with van der Waals surface area (Å²) in [6.45, 7) is 8.63. The second kappa shape index (κ2) is 6.81. The molecule has 0 radical (unpaired) electrons. The van der Waals surface area contributed by atoms with Gasteiger partial charge in [-0.1, -0.05) is 0 Å². The average molecular weight is 319 g/mol. The Labute approximate surface area is 135 Å². The molecule has 5 nitrogen and oxygen atoms in total. The van der Waals surface area contributed by atoms with Crippen LogP contribution >= 0.6 is 0 Å². The third kappa shape index (κ3) is 3.36. The number of rotatable bonds is 5. The highest BCUT2D eigenvalue weighted by Crippen LogP contribution is 2.23. The number of ether oxygens (including phenoxy) is 1. The first-order valence-electron chi connectivity index (χ1n) is 7.57. The summed E-state index contributed by atoms with van der Waals surface area (Å²) < 4.78 is 20.3. The molecule has 23 heavy (non-hydrogen) atoms. The Morgan fingerprint density at radius 3 is 2.70 bits per heavy atom. The van der Waals surface area contributed by atoms with Crippen LogP contribution in [0.15, 0.2) is 18.2 Å². The Morgan fingerprint density at radius 2 is 2.13 bits per heavy atom. The number of hydrogen-bond acceptors (Lipinski definition) is 3. The molecule has 2 aromatic rings. The number of nitrogens with zero attached hydrogens (tertiary/aromatic N) is 2. The van der Waals surface area contributed by atoms with Gasteiger partial charge < -0.3 is 10.1 Å². The quantitative estimate of drug-likeness (QED) is 0.921. The molecule has 1 aromatic carbocycles. The van der Waals surface area contributed by atoms with Crippen molar-refractivity contribution in [2.45, 2.75) is 40.3 Å². The van der Waals surface area contributed by atoms with Gasteiger partial charge in [-0.2, -0.15) is 5.10 Å². The van der Waals surface area contributed by atoms with Crippen LogP contribution in [0, 0.1) is 19.7 Å². The molecular formula is C17H22FN3O2. The molecule has 6 heteroatoms. The molecule has 1 amide bonds. The molecule has 1 heterocycles. The molecule has 0 aliphatic rings. The van der Waals surface area contributed by atoms with Gasteiger partial charge in [0, 0.05) is 23.4 Å². The molecule has 0 saturated carbocycles. The fourth-order valence-corrected chi connectivity index (χ4v) is 2.80. The number of nitrogens with one attached hydrogen (secondary N) is 1. The van der Waals surface area contributed by atoms with Crippen LogP contribution in [0.25, 0.3) is 0 Å². The summed E-state index contributed by atoms with van der Waals surface area (Å²) in [4.78, 5) is 12.4. The number of aromatic nitrogens is 2. The van der Waals surface area contributed by atoms with Crippen molar-refractivity contribution in [2.75, 3.05) is 7.11 Å². The van der Waals surface area contributed by atoms with Crippen molar-refractivity contribution in [1.82, 2.24) is 15.1 Å². The number of carbonyl (C=O) groups is 1. The van der Waals surface area contributed by atoms with Crippen molar-refractivity contribution in [2.24, 2.45) is 0 Å². The molecule has 1 atom stereocenters. The second-order valence-electron chi connectivity index (χ2n) is 5.44. The number of methoxy groups -OCH3 is 1. The number of hydrogen-bond donors (Lipinski definition) is 1. The van der Waals surface area contributed by atoms with Crippen molar-refractivity contribution in [3.05, 3.63) is 46.5 Å². The molecule has 124 valence electrons. The Balaban J connectivity index is 2.22. The van der Waals surface area contributed by atoms with Gasteiger partial charge in [0.1, 0.15) is 0 Å². The molecule has 0 spiro atoms. The maximum absolute atomic E-state index is 13.4. The number of benzene rings is 1. The lowest BCUT2D eigenvalue weighted by Gasteiger charge is -2.15. The molecule has 1 aromatic heterocycles. The van der Waals surface area contributed by atoms with Crippen LogP contribution in [0.5, 0.6) is 5.75 Å². The van der Waals surface area contributed by atoms with E-state index >= 15 is 0 Å². The van der Waals surface area contributed by atoms with E-state index in [2.05, 4.69) is 10.4 Å². The minimum Gasteiger partial charge on any atom is -0.494 e. The van der Waals surface area contributed by atoms with Crippen molar-refractivity contribution in [3.8, 4) is 5.75 Å². The second-order valence-corrected chi connectivity index (χ2v) is 5.44. The van der Waals surface area contributed by atoms with Gasteiger partial charge in [0.05, 0.1) is 18.8 Å². The van der Waals surface area contributed by atoms with E-state index in [9.17, 15) is 9.18 Å². The highest BCUT2D eigenvalue weighted by Gasteiger charge is 2.20. The zero-order valence-electron chi connectivity index (χ0n) is 14.1. The lowest BCUT2D eigenvalue weighted by atomic mass is 10.1. The van der Waals surface area contributed by atoms with Crippen LogP contribution in [0.1, 0.15) is 47.2 Å². The standard InChI is InChI=1S/C17H22FN3O2/c1-6-21-12(4)16(11(3)20-21)10(2)19-17(22)13-7-8-14(18)15(9-13)23-5/h7-10H,6H2,1-5H3,(H,19,22)/t10-/m1/s1. The first-order chi connectivity index (χ1) is 10.9. The van der Waals surface area contributed by atoms with Crippen LogP contribution in [-0.2, 0) is 6.54 Å². The third-order valence-corrected chi connectivity index (χ3v) is 3.93. The van der Waals surface area contributed by atoms with Gasteiger partial charge in [0.2, 0.25) is 0 Å². The number of amides is 1. The number of carbonyl (C=O) groups excluding carboxylic acids is 1. The Hall–Kier alpha value is -2.37. The first-order valence-corrected chi connectivity index (χ1v) is 7.57. The number of halogens is 1. The third-order valence-electron chi connectivity index (χ3n) is 3.93. The molecule has 0 unspecified atom stereocenters. The van der Waals surface area contributed by atoms with Crippen LogP contribution in [0.4, 0.5) is 4.39 Å². The SMILES string of the molecule is CCn1nc(C)c([C@@H](C)NC(=O)c2ccc(F)c(OC)c2)c1C. The maximum Gasteiger partial charge on any atom is 0.251 e. The summed E-state index contributed by atoms with van der Waals surface area (Å²) in [6, 6.07) is 3.87. The van der Waals surface area contributed by atoms with Gasteiger partial charge in [0.25, 0.3) is 5.91 Å². The van der Waals surface area contributed by atoms with Crippen molar-refractivity contribution < 1.29 is 13.9 Å². The monoisotopic (exact) mass is 319 g/mol. The van der Waals surface area contributed by atoms with Crippen LogP contribution in [0.3, 0.4) is 0 Å². The lowest BCUT2D eigenvalue weighted by molar-refractivity contribution is 0.0939. The molecule has 0 saturated heterocycles. The summed E-state index contributed by atoms with van der Waals surface area (Å²) in [7, 11) is 1.37. The molecule has 1 N–H and O–H groups in total. The summed E-state index contributed by atoms with van der Waals surface area (Å²) in [6.07, 6.45) is 0. The molecule has 0 aliphatic heterocycles. The first kappa shape index (κ1) is 17.0. The molecule has 0 bridgehead atoms. The van der Waals surface area contributed by atoms with Crippen molar-refractivity contribution in [3.63, 3.8) is 0 Å². The van der Waals surface area contributed by atoms with E-state index in [1.165, 1.54) is 25.3 Å². The topological polar surface area (TPSA) is 56.2 Å².